The molecule has 1 aromatic rings. The third-order valence-corrected chi connectivity index (χ3v) is 5.39. The Balaban J connectivity index is 0.00000484. The molecular weight excluding hydrogens is 427 g/mol. The molecule has 8 heteroatoms. The average molecular weight is 454 g/mol. The molecule has 0 atom stereocenters. The Morgan fingerprint density at radius 3 is 2.52 bits per heavy atom. The van der Waals surface area contributed by atoms with E-state index < -0.39 is 10.0 Å². The van der Waals surface area contributed by atoms with Gasteiger partial charge in [-0.25, -0.2) is 12.7 Å². The van der Waals surface area contributed by atoms with Crippen LogP contribution in [-0.2, 0) is 10.0 Å². The first-order valence-corrected chi connectivity index (χ1v) is 8.95. The van der Waals surface area contributed by atoms with Crippen molar-refractivity contribution in [3.63, 3.8) is 0 Å². The first-order valence-electron chi connectivity index (χ1n) is 7.34. The van der Waals surface area contributed by atoms with Gasteiger partial charge in [0.1, 0.15) is 0 Å². The number of aliphatic imine (C=N–C) groups is 1. The maximum atomic E-state index is 11.6. The Morgan fingerprint density at radius 1 is 1.30 bits per heavy atom. The molecule has 0 amide bonds. The monoisotopic (exact) mass is 454 g/mol. The summed E-state index contributed by atoms with van der Waals surface area (Å²) in [6.07, 6.45) is 0.630. The van der Waals surface area contributed by atoms with Crippen molar-refractivity contribution in [3.8, 4) is 0 Å². The standard InChI is InChI=1S/C15H26N4O2S.HI/c1-5-22(20,21)19(4)10-6-9-17-15(16)18-14-8-7-12(2)13(3)11-14;/h7-8,11H,5-6,9-10H2,1-4H3,(H3,16,17,18);1H. The van der Waals surface area contributed by atoms with E-state index in [1.54, 1.807) is 14.0 Å². The topological polar surface area (TPSA) is 87.8 Å². The molecule has 0 saturated heterocycles. The molecule has 132 valence electrons. The summed E-state index contributed by atoms with van der Waals surface area (Å²) in [4.78, 5) is 4.21. The number of halogens is 1. The lowest BCUT2D eigenvalue weighted by molar-refractivity contribution is 0.465. The predicted molar refractivity (Wildman–Crippen MR) is 108 cm³/mol. The molecule has 0 spiro atoms. The van der Waals surface area contributed by atoms with Gasteiger partial charge in [-0.05, 0) is 50.5 Å². The van der Waals surface area contributed by atoms with Gasteiger partial charge >= 0.3 is 0 Å². The molecule has 0 fully saturated rings. The fraction of sp³-hybridized carbons (Fsp3) is 0.533. The quantitative estimate of drug-likeness (QED) is 0.287. The van der Waals surface area contributed by atoms with E-state index in [1.807, 2.05) is 25.1 Å². The van der Waals surface area contributed by atoms with E-state index in [0.29, 0.717) is 25.5 Å². The lowest BCUT2D eigenvalue weighted by atomic mass is 10.1. The van der Waals surface area contributed by atoms with Gasteiger partial charge in [-0.1, -0.05) is 6.07 Å². The second-order valence-electron chi connectivity index (χ2n) is 5.27. The maximum absolute atomic E-state index is 11.6. The van der Waals surface area contributed by atoms with Crippen molar-refractivity contribution in [2.45, 2.75) is 27.2 Å². The molecule has 0 aliphatic rings. The molecule has 3 N–H and O–H groups in total. The molecule has 0 bridgehead atoms. The number of nitrogens with two attached hydrogens (primary N) is 1. The molecule has 1 aromatic carbocycles. The van der Waals surface area contributed by atoms with Gasteiger partial charge in [0.2, 0.25) is 10.0 Å². The molecule has 0 heterocycles. The second kappa shape index (κ2) is 10.1. The zero-order valence-corrected chi connectivity index (χ0v) is 17.3. The van der Waals surface area contributed by atoms with E-state index in [4.69, 9.17) is 5.73 Å². The highest BCUT2D eigenvalue weighted by atomic mass is 127. The minimum absolute atomic E-state index is 0. The zero-order chi connectivity index (χ0) is 16.8. The lowest BCUT2D eigenvalue weighted by Gasteiger charge is -2.15. The van der Waals surface area contributed by atoms with Crippen molar-refractivity contribution in [2.75, 3.05) is 31.2 Å². The number of sulfonamides is 1. The summed E-state index contributed by atoms with van der Waals surface area (Å²) in [6, 6.07) is 5.99. The van der Waals surface area contributed by atoms with Crippen LogP contribution >= 0.6 is 24.0 Å². The van der Waals surface area contributed by atoms with Crippen molar-refractivity contribution in [3.05, 3.63) is 29.3 Å². The Labute approximate surface area is 156 Å². The highest BCUT2D eigenvalue weighted by Crippen LogP contribution is 2.13. The van der Waals surface area contributed by atoms with Gasteiger partial charge in [0.05, 0.1) is 5.75 Å². The number of hydrogen-bond acceptors (Lipinski definition) is 3. The molecular formula is C15H27IN4O2S. The maximum Gasteiger partial charge on any atom is 0.213 e. The summed E-state index contributed by atoms with van der Waals surface area (Å²) in [5.74, 6) is 0.452. The minimum Gasteiger partial charge on any atom is -0.370 e. The largest absolute Gasteiger partial charge is 0.370 e. The van der Waals surface area contributed by atoms with Gasteiger partial charge in [-0.3, -0.25) is 4.99 Å². The normalized spacial score (nSPS) is 12.1. The predicted octanol–water partition coefficient (Wildman–Crippen LogP) is 2.32. The van der Waals surface area contributed by atoms with Crippen LogP contribution in [0.25, 0.3) is 0 Å². The number of nitrogens with one attached hydrogen (secondary N) is 1. The van der Waals surface area contributed by atoms with Crippen LogP contribution in [0, 0.1) is 13.8 Å². The van der Waals surface area contributed by atoms with Crippen LogP contribution in [0.3, 0.4) is 0 Å². The van der Waals surface area contributed by atoms with E-state index in [9.17, 15) is 8.42 Å². The van der Waals surface area contributed by atoms with Gasteiger partial charge in [0, 0.05) is 25.8 Å². The molecule has 0 aliphatic carbocycles. The SMILES string of the molecule is CCS(=O)(=O)N(C)CCCN=C(N)Nc1ccc(C)c(C)c1.I. The van der Waals surface area contributed by atoms with Gasteiger partial charge in [-0.15, -0.1) is 24.0 Å². The highest BCUT2D eigenvalue weighted by molar-refractivity contribution is 14.0. The van der Waals surface area contributed by atoms with Crippen molar-refractivity contribution in [2.24, 2.45) is 10.7 Å². The molecule has 6 nitrogen and oxygen atoms in total. The smallest absolute Gasteiger partial charge is 0.213 e. The summed E-state index contributed by atoms with van der Waals surface area (Å²) in [6.45, 7) is 6.65. The van der Waals surface area contributed by atoms with E-state index >= 15 is 0 Å². The Kier molecular flexibility index (Phi) is 9.71. The van der Waals surface area contributed by atoms with Crippen LogP contribution in [-0.4, -0.2) is 44.6 Å². The Bertz CT molecular complexity index is 632. The van der Waals surface area contributed by atoms with Crippen molar-refractivity contribution in [1.29, 1.82) is 0 Å². The fourth-order valence-corrected chi connectivity index (χ4v) is 2.71. The zero-order valence-electron chi connectivity index (χ0n) is 14.2. The second-order valence-corrected chi connectivity index (χ2v) is 7.63. The molecule has 0 aliphatic heterocycles. The fourth-order valence-electron chi connectivity index (χ4n) is 1.86. The number of rotatable bonds is 7. The van der Waals surface area contributed by atoms with E-state index in [2.05, 4.69) is 17.2 Å². The van der Waals surface area contributed by atoms with Gasteiger partial charge < -0.3 is 11.1 Å². The molecule has 0 unspecified atom stereocenters. The van der Waals surface area contributed by atoms with E-state index in [1.165, 1.54) is 15.4 Å². The summed E-state index contributed by atoms with van der Waals surface area (Å²) >= 11 is 0. The first-order chi connectivity index (χ1) is 10.3. The summed E-state index contributed by atoms with van der Waals surface area (Å²) in [5, 5.41) is 3.04. The average Bonchev–Trinajstić information content (AvgIpc) is 2.47. The molecule has 0 radical (unpaired) electrons. The number of hydrogen-bond donors (Lipinski definition) is 2. The molecule has 0 aromatic heterocycles. The molecule has 23 heavy (non-hydrogen) atoms. The van der Waals surface area contributed by atoms with Crippen LogP contribution in [0.2, 0.25) is 0 Å². The summed E-state index contributed by atoms with van der Waals surface area (Å²) in [7, 11) is -1.54. The number of guanidine groups is 1. The third-order valence-electron chi connectivity index (χ3n) is 3.53. The van der Waals surface area contributed by atoms with E-state index in [-0.39, 0.29) is 29.7 Å². The number of aryl methyl sites for hydroxylation is 2. The lowest BCUT2D eigenvalue weighted by Crippen LogP contribution is -2.30. The third kappa shape index (κ3) is 7.49. The van der Waals surface area contributed by atoms with Crippen molar-refractivity contribution >= 4 is 45.6 Å². The summed E-state index contributed by atoms with van der Waals surface area (Å²) < 4.78 is 24.5. The van der Waals surface area contributed by atoms with Crippen LogP contribution in [0.15, 0.2) is 23.2 Å². The summed E-state index contributed by atoms with van der Waals surface area (Å²) in [5.41, 5.74) is 9.14. The van der Waals surface area contributed by atoms with Gasteiger partial charge in [0.15, 0.2) is 5.96 Å². The molecule has 1 rings (SSSR count). The number of nitrogens with zero attached hydrogens (tertiary/aromatic N) is 2. The Hall–Kier alpha value is -0.870. The van der Waals surface area contributed by atoms with Crippen LogP contribution < -0.4 is 11.1 Å². The van der Waals surface area contributed by atoms with Crippen LogP contribution in [0.4, 0.5) is 5.69 Å². The van der Waals surface area contributed by atoms with E-state index in [0.717, 1.165) is 5.69 Å². The Morgan fingerprint density at radius 2 is 1.96 bits per heavy atom. The molecule has 0 saturated carbocycles. The van der Waals surface area contributed by atoms with Crippen molar-refractivity contribution in [1.82, 2.24) is 4.31 Å². The number of anilines is 1. The van der Waals surface area contributed by atoms with Crippen LogP contribution in [0.5, 0.6) is 0 Å². The minimum atomic E-state index is -3.12. The van der Waals surface area contributed by atoms with Crippen LogP contribution in [0.1, 0.15) is 24.5 Å². The first kappa shape index (κ1) is 22.1. The van der Waals surface area contributed by atoms with Gasteiger partial charge in [0.25, 0.3) is 0 Å². The number of benzene rings is 1. The van der Waals surface area contributed by atoms with Gasteiger partial charge in [-0.2, -0.15) is 0 Å². The van der Waals surface area contributed by atoms with Crippen molar-refractivity contribution < 1.29 is 8.42 Å². The highest BCUT2D eigenvalue weighted by Gasteiger charge is 2.13.